The lowest BCUT2D eigenvalue weighted by molar-refractivity contribution is -0.139. The average molecular weight is 375 g/mol. The van der Waals surface area contributed by atoms with Crippen molar-refractivity contribution in [3.8, 4) is 0 Å². The molecule has 0 atom stereocenters. The highest BCUT2D eigenvalue weighted by Gasteiger charge is 2.12. The maximum absolute atomic E-state index is 12.3. The molecule has 0 aliphatic carbocycles. The van der Waals surface area contributed by atoms with Crippen LogP contribution in [-0.4, -0.2) is 34.7 Å². The van der Waals surface area contributed by atoms with Crippen LogP contribution >= 0.6 is 11.8 Å². The molecule has 0 radical (unpaired) electrons. The zero-order chi connectivity index (χ0) is 19.1. The van der Waals surface area contributed by atoms with Crippen LogP contribution in [0.15, 0.2) is 34.2 Å². The summed E-state index contributed by atoms with van der Waals surface area (Å²) >= 11 is 1.10. The number of carbonyl (C=O) groups is 2. The van der Waals surface area contributed by atoms with Crippen LogP contribution in [0.25, 0.3) is 0 Å². The largest absolute Gasteiger partial charge is 0.469 e. The predicted octanol–water partition coefficient (Wildman–Crippen LogP) is 2.09. The van der Waals surface area contributed by atoms with Crippen LogP contribution < -0.4 is 10.9 Å². The fourth-order valence-electron chi connectivity index (χ4n) is 2.37. The van der Waals surface area contributed by atoms with Crippen molar-refractivity contribution in [2.24, 2.45) is 0 Å². The normalized spacial score (nSPS) is 10.4. The molecule has 0 saturated carbocycles. The maximum atomic E-state index is 12.3. The number of aromatic amines is 1. The van der Waals surface area contributed by atoms with Crippen LogP contribution in [0.5, 0.6) is 0 Å². The lowest BCUT2D eigenvalue weighted by atomic mass is 10.1. The molecule has 1 aromatic carbocycles. The Balaban J connectivity index is 2.04. The second-order valence-corrected chi connectivity index (χ2v) is 6.56. The number of aromatic nitrogens is 2. The van der Waals surface area contributed by atoms with Crippen molar-refractivity contribution in [2.45, 2.75) is 31.8 Å². The van der Waals surface area contributed by atoms with E-state index in [2.05, 4.69) is 20.0 Å². The first-order valence-corrected chi connectivity index (χ1v) is 9.09. The number of rotatable bonds is 7. The molecule has 7 nitrogen and oxygen atoms in total. The molecule has 26 heavy (non-hydrogen) atoms. The van der Waals surface area contributed by atoms with Gasteiger partial charge in [0.15, 0.2) is 5.16 Å². The number of H-pyrrole nitrogens is 1. The van der Waals surface area contributed by atoms with Gasteiger partial charge >= 0.3 is 5.97 Å². The molecular weight excluding hydrogens is 354 g/mol. The van der Waals surface area contributed by atoms with Crippen LogP contribution in [0.3, 0.4) is 0 Å². The van der Waals surface area contributed by atoms with Gasteiger partial charge in [0.1, 0.15) is 0 Å². The molecule has 0 unspecified atom stereocenters. The first-order chi connectivity index (χ1) is 12.4. The highest BCUT2D eigenvalue weighted by molar-refractivity contribution is 7.99. The number of esters is 1. The molecule has 1 heterocycles. The minimum Gasteiger partial charge on any atom is -0.469 e. The number of aryl methyl sites for hydroxylation is 2. The molecule has 0 spiro atoms. The maximum Gasteiger partial charge on any atom is 0.311 e. The van der Waals surface area contributed by atoms with Crippen LogP contribution in [0.2, 0.25) is 0 Å². The minimum absolute atomic E-state index is 0.0854. The standard InChI is InChI=1S/C18H21N3O4S/c1-4-12-7-5-6-11(2)17(12)20-15(23)10-26-18-19-13(8-14(22)21-18)9-16(24)25-3/h5-8H,4,9-10H2,1-3H3,(H,20,23)(H,19,21,22). The molecule has 2 N–H and O–H groups in total. The number of para-hydroxylation sites is 1. The molecule has 8 heteroatoms. The van der Waals surface area contributed by atoms with Crippen molar-refractivity contribution in [1.82, 2.24) is 9.97 Å². The van der Waals surface area contributed by atoms with Gasteiger partial charge in [-0.05, 0) is 24.5 Å². The van der Waals surface area contributed by atoms with Gasteiger partial charge < -0.3 is 15.0 Å². The highest BCUT2D eigenvalue weighted by atomic mass is 32.2. The molecule has 0 aliphatic heterocycles. The number of amides is 1. The van der Waals surface area contributed by atoms with Gasteiger partial charge in [-0.15, -0.1) is 0 Å². The number of methoxy groups -OCH3 is 1. The van der Waals surface area contributed by atoms with Gasteiger partial charge in [0.2, 0.25) is 5.91 Å². The summed E-state index contributed by atoms with van der Waals surface area (Å²) in [5.41, 5.74) is 2.80. The Bertz CT molecular complexity index is 864. The van der Waals surface area contributed by atoms with E-state index in [9.17, 15) is 14.4 Å². The summed E-state index contributed by atoms with van der Waals surface area (Å²) in [6.45, 7) is 3.97. The Kier molecular flexibility index (Phi) is 6.97. The molecule has 0 saturated heterocycles. The first kappa shape index (κ1) is 19.7. The van der Waals surface area contributed by atoms with E-state index in [-0.39, 0.29) is 28.8 Å². The van der Waals surface area contributed by atoms with Crippen LogP contribution in [0.1, 0.15) is 23.7 Å². The molecule has 138 valence electrons. The fourth-order valence-corrected chi connectivity index (χ4v) is 3.07. The number of thioether (sulfide) groups is 1. The third-order valence-electron chi connectivity index (χ3n) is 3.67. The summed E-state index contributed by atoms with van der Waals surface area (Å²) < 4.78 is 4.57. The Hall–Kier alpha value is -2.61. The second-order valence-electron chi connectivity index (χ2n) is 5.59. The highest BCUT2D eigenvalue weighted by Crippen LogP contribution is 2.22. The molecule has 1 aromatic heterocycles. The van der Waals surface area contributed by atoms with Gasteiger partial charge in [-0.2, -0.15) is 0 Å². The quantitative estimate of drug-likeness (QED) is 0.437. The van der Waals surface area contributed by atoms with E-state index in [0.717, 1.165) is 35.0 Å². The third-order valence-corrected chi connectivity index (χ3v) is 4.54. The zero-order valence-corrected chi connectivity index (χ0v) is 15.7. The summed E-state index contributed by atoms with van der Waals surface area (Å²) in [5.74, 6) is -0.592. The van der Waals surface area contributed by atoms with Gasteiger partial charge in [0.25, 0.3) is 5.56 Å². The van der Waals surface area contributed by atoms with Crippen molar-refractivity contribution in [3.63, 3.8) is 0 Å². The van der Waals surface area contributed by atoms with E-state index in [4.69, 9.17) is 0 Å². The van der Waals surface area contributed by atoms with E-state index in [1.807, 2.05) is 32.0 Å². The van der Waals surface area contributed by atoms with Gasteiger partial charge in [0, 0.05) is 11.8 Å². The summed E-state index contributed by atoms with van der Waals surface area (Å²) in [6.07, 6.45) is 0.720. The van der Waals surface area contributed by atoms with E-state index >= 15 is 0 Å². The zero-order valence-electron chi connectivity index (χ0n) is 14.9. The Labute approximate surface area is 155 Å². The van der Waals surface area contributed by atoms with Gasteiger partial charge in [-0.3, -0.25) is 14.4 Å². The van der Waals surface area contributed by atoms with E-state index < -0.39 is 5.97 Å². The molecule has 2 aromatic rings. The Morgan fingerprint density at radius 1 is 1.35 bits per heavy atom. The molecule has 0 bridgehead atoms. The van der Waals surface area contributed by atoms with Crippen molar-refractivity contribution in [3.05, 3.63) is 51.4 Å². The second kappa shape index (κ2) is 9.19. The number of hydrogen-bond donors (Lipinski definition) is 2. The molecule has 0 fully saturated rings. The number of nitrogens with one attached hydrogen (secondary N) is 2. The summed E-state index contributed by atoms with van der Waals surface area (Å²) in [6, 6.07) is 7.12. The molecular formula is C18H21N3O4S. The fraction of sp³-hybridized carbons (Fsp3) is 0.333. The third kappa shape index (κ3) is 5.45. The number of benzene rings is 1. The van der Waals surface area contributed by atoms with E-state index in [0.29, 0.717) is 5.69 Å². The van der Waals surface area contributed by atoms with Crippen molar-refractivity contribution in [1.29, 1.82) is 0 Å². The molecule has 0 aliphatic rings. The van der Waals surface area contributed by atoms with E-state index in [1.54, 1.807) is 0 Å². The lowest BCUT2D eigenvalue weighted by Gasteiger charge is -2.12. The first-order valence-electron chi connectivity index (χ1n) is 8.11. The van der Waals surface area contributed by atoms with Gasteiger partial charge in [-0.1, -0.05) is 36.9 Å². The van der Waals surface area contributed by atoms with Crippen molar-refractivity contribution in [2.75, 3.05) is 18.2 Å². The van der Waals surface area contributed by atoms with Crippen LogP contribution in [0.4, 0.5) is 5.69 Å². The number of carbonyl (C=O) groups excluding carboxylic acids is 2. The molecule has 1 amide bonds. The van der Waals surface area contributed by atoms with Crippen molar-refractivity contribution >= 4 is 29.3 Å². The van der Waals surface area contributed by atoms with Crippen LogP contribution in [0, 0.1) is 6.92 Å². The summed E-state index contributed by atoms with van der Waals surface area (Å²) in [7, 11) is 1.27. The van der Waals surface area contributed by atoms with Crippen LogP contribution in [-0.2, 0) is 27.2 Å². The molecule has 2 rings (SSSR count). The number of nitrogens with zero attached hydrogens (tertiary/aromatic N) is 1. The topological polar surface area (TPSA) is 101 Å². The van der Waals surface area contributed by atoms with Gasteiger partial charge in [-0.25, -0.2) is 4.98 Å². The van der Waals surface area contributed by atoms with Gasteiger partial charge in [0.05, 0.1) is 25.0 Å². The SMILES string of the molecule is CCc1cccc(C)c1NC(=O)CSc1nc(CC(=O)OC)cc(=O)[nH]1. The average Bonchev–Trinajstić information content (AvgIpc) is 2.61. The number of anilines is 1. The Morgan fingerprint density at radius 3 is 2.81 bits per heavy atom. The number of ether oxygens (including phenoxy) is 1. The van der Waals surface area contributed by atoms with E-state index in [1.165, 1.54) is 13.2 Å². The Morgan fingerprint density at radius 2 is 2.12 bits per heavy atom. The number of hydrogen-bond acceptors (Lipinski definition) is 6. The summed E-state index contributed by atoms with van der Waals surface area (Å²) in [4.78, 5) is 42.0. The van der Waals surface area contributed by atoms with Crippen molar-refractivity contribution < 1.29 is 14.3 Å². The monoisotopic (exact) mass is 375 g/mol. The lowest BCUT2D eigenvalue weighted by Crippen LogP contribution is -2.18. The minimum atomic E-state index is -0.483. The predicted molar refractivity (Wildman–Crippen MR) is 100 cm³/mol. The smallest absolute Gasteiger partial charge is 0.311 e. The summed E-state index contributed by atoms with van der Waals surface area (Å²) in [5, 5.41) is 3.20.